The molecule has 0 saturated carbocycles. The topological polar surface area (TPSA) is 29.5 Å². The van der Waals surface area contributed by atoms with Gasteiger partial charge < -0.3 is 9.84 Å². The Balaban J connectivity index is 0.000000861. The molecule has 2 nitrogen and oxygen atoms in total. The summed E-state index contributed by atoms with van der Waals surface area (Å²) < 4.78 is 5.80. The van der Waals surface area contributed by atoms with Crippen LogP contribution in [-0.4, -0.2) is 5.11 Å². The van der Waals surface area contributed by atoms with E-state index >= 15 is 0 Å². The van der Waals surface area contributed by atoms with Crippen LogP contribution in [0.3, 0.4) is 0 Å². The van der Waals surface area contributed by atoms with Crippen molar-refractivity contribution < 1.29 is 9.84 Å². The molecule has 0 fully saturated rings. The first-order valence-corrected chi connectivity index (χ1v) is 6.64. The van der Waals surface area contributed by atoms with Crippen molar-refractivity contribution in [2.75, 3.05) is 0 Å². The van der Waals surface area contributed by atoms with Crippen LogP contribution >= 0.6 is 0 Å². The molecule has 0 saturated heterocycles. The van der Waals surface area contributed by atoms with Crippen LogP contribution in [0.15, 0.2) is 42.5 Å². The number of rotatable bonds is 3. The molecule has 0 amide bonds. The van der Waals surface area contributed by atoms with E-state index in [1.807, 2.05) is 58.0 Å². The van der Waals surface area contributed by atoms with Gasteiger partial charge in [0.2, 0.25) is 0 Å². The fourth-order valence-corrected chi connectivity index (χ4v) is 1.88. The Morgan fingerprint density at radius 2 is 1.47 bits per heavy atom. The Morgan fingerprint density at radius 3 is 2.00 bits per heavy atom. The predicted octanol–water partition coefficient (Wildman–Crippen LogP) is 4.61. The number of hydrogen-bond acceptors (Lipinski definition) is 2. The monoisotopic (exact) mass is 258 g/mol. The zero-order chi connectivity index (χ0) is 14.3. The highest BCUT2D eigenvalue weighted by molar-refractivity contribution is 5.45. The summed E-state index contributed by atoms with van der Waals surface area (Å²) in [5.41, 5.74) is 3.05. The summed E-state index contributed by atoms with van der Waals surface area (Å²) in [7, 11) is 0. The molecule has 0 radical (unpaired) electrons. The maximum atomic E-state index is 9.45. The Bertz CT molecular complexity index is 481. The van der Waals surface area contributed by atoms with Crippen LogP contribution in [0, 0.1) is 13.8 Å². The number of hydrogen-bond donors (Lipinski definition) is 1. The third-order valence-electron chi connectivity index (χ3n) is 2.67. The summed E-state index contributed by atoms with van der Waals surface area (Å²) in [6.07, 6.45) is 0. The molecular formula is C17H22O2. The molecule has 2 aromatic carbocycles. The number of phenols is 1. The molecule has 0 aliphatic rings. The van der Waals surface area contributed by atoms with Gasteiger partial charge in [-0.3, -0.25) is 0 Å². The molecular weight excluding hydrogens is 236 g/mol. The average molecular weight is 258 g/mol. The van der Waals surface area contributed by atoms with E-state index in [-0.39, 0.29) is 5.75 Å². The van der Waals surface area contributed by atoms with Crippen molar-refractivity contribution in [3.63, 3.8) is 0 Å². The van der Waals surface area contributed by atoms with Crippen molar-refractivity contribution in [2.24, 2.45) is 0 Å². The lowest BCUT2D eigenvalue weighted by molar-refractivity contribution is 0.301. The van der Waals surface area contributed by atoms with E-state index < -0.39 is 0 Å². The number of phenolic OH excluding ortho intramolecular Hbond substituents is 1. The molecule has 0 heterocycles. The van der Waals surface area contributed by atoms with Crippen molar-refractivity contribution >= 4 is 0 Å². The maximum Gasteiger partial charge on any atom is 0.125 e. The summed E-state index contributed by atoms with van der Waals surface area (Å²) in [4.78, 5) is 0. The smallest absolute Gasteiger partial charge is 0.125 e. The molecule has 19 heavy (non-hydrogen) atoms. The maximum absolute atomic E-state index is 9.45. The second-order valence-electron chi connectivity index (χ2n) is 4.18. The Hall–Kier alpha value is -1.96. The Labute approximate surface area is 115 Å². The summed E-state index contributed by atoms with van der Waals surface area (Å²) in [5, 5.41) is 9.45. The van der Waals surface area contributed by atoms with Crippen LogP contribution in [0.2, 0.25) is 0 Å². The molecule has 0 aromatic heterocycles. The lowest BCUT2D eigenvalue weighted by Crippen LogP contribution is -1.98. The second-order valence-corrected chi connectivity index (χ2v) is 4.18. The fraction of sp³-hybridized carbons (Fsp3) is 0.294. The molecule has 2 heteroatoms. The van der Waals surface area contributed by atoms with Gasteiger partial charge in [-0.1, -0.05) is 44.2 Å². The van der Waals surface area contributed by atoms with Gasteiger partial charge in [-0.15, -0.1) is 0 Å². The molecule has 102 valence electrons. The minimum atomic E-state index is 0.284. The first-order chi connectivity index (χ1) is 9.16. The fourth-order valence-electron chi connectivity index (χ4n) is 1.88. The minimum Gasteiger partial charge on any atom is -0.508 e. The van der Waals surface area contributed by atoms with E-state index in [1.54, 1.807) is 12.1 Å². The first kappa shape index (κ1) is 15.1. The van der Waals surface area contributed by atoms with Gasteiger partial charge in [-0.05, 0) is 42.7 Å². The van der Waals surface area contributed by atoms with Crippen molar-refractivity contribution in [3.8, 4) is 11.5 Å². The molecule has 0 bridgehead atoms. The zero-order valence-corrected chi connectivity index (χ0v) is 12.1. The van der Waals surface area contributed by atoms with Gasteiger partial charge in [-0.2, -0.15) is 0 Å². The SMILES string of the molecule is CC.Cc1cc(O)cc(C)c1OCc1ccccc1. The summed E-state index contributed by atoms with van der Waals surface area (Å²) in [5.74, 6) is 1.14. The van der Waals surface area contributed by atoms with Crippen LogP contribution in [-0.2, 0) is 6.61 Å². The number of aromatic hydroxyl groups is 1. The zero-order valence-electron chi connectivity index (χ0n) is 12.1. The molecule has 1 N–H and O–H groups in total. The van der Waals surface area contributed by atoms with Gasteiger partial charge in [0.15, 0.2) is 0 Å². The minimum absolute atomic E-state index is 0.284. The van der Waals surface area contributed by atoms with Crippen molar-refractivity contribution in [1.29, 1.82) is 0 Å². The highest BCUT2D eigenvalue weighted by Crippen LogP contribution is 2.28. The molecule has 0 atom stereocenters. The van der Waals surface area contributed by atoms with Gasteiger partial charge in [0.1, 0.15) is 18.1 Å². The van der Waals surface area contributed by atoms with Crippen LogP contribution in [0.1, 0.15) is 30.5 Å². The van der Waals surface area contributed by atoms with Gasteiger partial charge in [0, 0.05) is 0 Å². The molecule has 0 aliphatic carbocycles. The van der Waals surface area contributed by atoms with Crippen LogP contribution in [0.5, 0.6) is 11.5 Å². The Morgan fingerprint density at radius 1 is 0.947 bits per heavy atom. The molecule has 2 aromatic rings. The lowest BCUT2D eigenvalue weighted by atomic mass is 10.1. The molecule has 0 spiro atoms. The van der Waals surface area contributed by atoms with E-state index in [0.717, 1.165) is 22.4 Å². The van der Waals surface area contributed by atoms with Gasteiger partial charge in [0.25, 0.3) is 0 Å². The van der Waals surface area contributed by atoms with E-state index in [1.165, 1.54) is 0 Å². The molecule has 0 aliphatic heterocycles. The van der Waals surface area contributed by atoms with Crippen LogP contribution in [0.4, 0.5) is 0 Å². The number of ether oxygens (including phenoxy) is 1. The van der Waals surface area contributed by atoms with Crippen LogP contribution in [0.25, 0.3) is 0 Å². The largest absolute Gasteiger partial charge is 0.508 e. The number of benzene rings is 2. The standard InChI is InChI=1S/C15H16O2.C2H6/c1-11-8-14(16)9-12(2)15(11)17-10-13-6-4-3-5-7-13;1-2/h3-9,16H,10H2,1-2H3;1-2H3. The van der Waals surface area contributed by atoms with E-state index in [4.69, 9.17) is 4.74 Å². The van der Waals surface area contributed by atoms with Gasteiger partial charge in [0.05, 0.1) is 0 Å². The van der Waals surface area contributed by atoms with Crippen molar-refractivity contribution in [2.45, 2.75) is 34.3 Å². The van der Waals surface area contributed by atoms with E-state index in [2.05, 4.69) is 0 Å². The quantitative estimate of drug-likeness (QED) is 0.870. The third kappa shape index (κ3) is 4.32. The second kappa shape index (κ2) is 7.47. The molecule has 2 rings (SSSR count). The lowest BCUT2D eigenvalue weighted by Gasteiger charge is -2.12. The van der Waals surface area contributed by atoms with Gasteiger partial charge >= 0.3 is 0 Å². The summed E-state index contributed by atoms with van der Waals surface area (Å²) >= 11 is 0. The van der Waals surface area contributed by atoms with Crippen LogP contribution < -0.4 is 4.74 Å². The average Bonchev–Trinajstić information content (AvgIpc) is 2.41. The van der Waals surface area contributed by atoms with E-state index in [9.17, 15) is 5.11 Å². The van der Waals surface area contributed by atoms with Crippen molar-refractivity contribution in [3.05, 3.63) is 59.2 Å². The summed E-state index contributed by atoms with van der Waals surface area (Å²) in [6.45, 7) is 8.42. The highest BCUT2D eigenvalue weighted by Gasteiger charge is 2.06. The predicted molar refractivity (Wildman–Crippen MR) is 79.7 cm³/mol. The summed E-state index contributed by atoms with van der Waals surface area (Å²) in [6, 6.07) is 13.5. The van der Waals surface area contributed by atoms with Crippen molar-refractivity contribution in [1.82, 2.24) is 0 Å². The van der Waals surface area contributed by atoms with E-state index in [0.29, 0.717) is 6.61 Å². The third-order valence-corrected chi connectivity index (χ3v) is 2.67. The van der Waals surface area contributed by atoms with Gasteiger partial charge in [-0.25, -0.2) is 0 Å². The first-order valence-electron chi connectivity index (χ1n) is 6.64. The molecule has 0 unspecified atom stereocenters. The normalized spacial score (nSPS) is 9.47. The Kier molecular flexibility index (Phi) is 5.94. The number of aryl methyl sites for hydroxylation is 2. The highest BCUT2D eigenvalue weighted by atomic mass is 16.5.